The Morgan fingerprint density at radius 3 is 2.22 bits per heavy atom. The molecule has 0 spiro atoms. The van der Waals surface area contributed by atoms with Crippen LogP contribution in [0, 0.1) is 5.92 Å². The summed E-state index contributed by atoms with van der Waals surface area (Å²) in [5, 5.41) is 0. The van der Waals surface area contributed by atoms with E-state index in [1.165, 1.54) is 79.2 Å². The number of hydrogen-bond donors (Lipinski definition) is 0. The van der Waals surface area contributed by atoms with E-state index in [2.05, 4.69) is 69.3 Å². The fourth-order valence-corrected chi connectivity index (χ4v) is 4.91. The van der Waals surface area contributed by atoms with E-state index in [1.807, 2.05) is 0 Å². The number of hydrogen-bond acceptors (Lipinski definition) is 0. The Bertz CT molecular complexity index is 806. The lowest BCUT2D eigenvalue weighted by molar-refractivity contribution is 0.455. The molecular formula is C27H34. The summed E-state index contributed by atoms with van der Waals surface area (Å²) in [6, 6.07) is 16.1. The quantitative estimate of drug-likeness (QED) is 0.488. The minimum absolute atomic E-state index is 0.211. The molecule has 1 saturated carbocycles. The Kier molecular flexibility index (Phi) is 5.26. The van der Waals surface area contributed by atoms with Crippen molar-refractivity contribution in [3.8, 4) is 11.1 Å². The van der Waals surface area contributed by atoms with E-state index < -0.39 is 0 Å². The molecule has 0 saturated heterocycles. The lowest BCUT2D eigenvalue weighted by Crippen LogP contribution is -2.10. The smallest absolute Gasteiger partial charge is 0.00575 e. The third-order valence-corrected chi connectivity index (χ3v) is 6.55. The molecule has 2 aliphatic rings. The Morgan fingerprint density at radius 1 is 0.852 bits per heavy atom. The summed E-state index contributed by atoms with van der Waals surface area (Å²) in [7, 11) is 0. The maximum atomic E-state index is 2.52. The number of allylic oxidation sites excluding steroid dienone is 1. The SMILES string of the molecule is CC(C)(C)c1ccc(-c2cccc3c2C=C(CC2CCCCCC2)C3)cc1. The van der Waals surface area contributed by atoms with Crippen molar-refractivity contribution >= 4 is 6.08 Å². The topological polar surface area (TPSA) is 0 Å². The van der Waals surface area contributed by atoms with Gasteiger partial charge in [-0.05, 0) is 52.0 Å². The first-order chi connectivity index (χ1) is 13.0. The second kappa shape index (κ2) is 7.66. The van der Waals surface area contributed by atoms with Crippen LogP contribution in [0.5, 0.6) is 0 Å². The van der Waals surface area contributed by atoms with E-state index >= 15 is 0 Å². The van der Waals surface area contributed by atoms with Crippen molar-refractivity contribution in [3.63, 3.8) is 0 Å². The van der Waals surface area contributed by atoms with E-state index in [0.717, 1.165) is 5.92 Å². The van der Waals surface area contributed by atoms with Gasteiger partial charge in [-0.3, -0.25) is 0 Å². The van der Waals surface area contributed by atoms with Crippen molar-refractivity contribution in [2.24, 2.45) is 5.92 Å². The van der Waals surface area contributed by atoms with Crippen molar-refractivity contribution < 1.29 is 0 Å². The van der Waals surface area contributed by atoms with Crippen LogP contribution in [0.4, 0.5) is 0 Å². The van der Waals surface area contributed by atoms with Gasteiger partial charge < -0.3 is 0 Å². The minimum Gasteiger partial charge on any atom is -0.0649 e. The van der Waals surface area contributed by atoms with Crippen LogP contribution in [0.1, 0.15) is 82.4 Å². The van der Waals surface area contributed by atoms with Gasteiger partial charge in [0.2, 0.25) is 0 Å². The highest BCUT2D eigenvalue weighted by Crippen LogP contribution is 2.38. The average molecular weight is 359 g/mol. The van der Waals surface area contributed by atoms with Crippen LogP contribution in [0.15, 0.2) is 48.0 Å². The molecule has 0 unspecified atom stereocenters. The Balaban J connectivity index is 1.57. The van der Waals surface area contributed by atoms with Crippen LogP contribution in [0.3, 0.4) is 0 Å². The summed E-state index contributed by atoms with van der Waals surface area (Å²) in [5.41, 5.74) is 9.04. The summed E-state index contributed by atoms with van der Waals surface area (Å²) >= 11 is 0. The Labute approximate surface area is 165 Å². The second-order valence-corrected chi connectivity index (χ2v) is 9.75. The fraction of sp³-hybridized carbons (Fsp3) is 0.481. The fourth-order valence-electron chi connectivity index (χ4n) is 4.91. The summed E-state index contributed by atoms with van der Waals surface area (Å²) in [5.74, 6) is 0.919. The maximum absolute atomic E-state index is 2.52. The molecule has 0 radical (unpaired) electrons. The summed E-state index contributed by atoms with van der Waals surface area (Å²) < 4.78 is 0. The first kappa shape index (κ1) is 18.5. The highest BCUT2D eigenvalue weighted by atomic mass is 14.3. The number of rotatable bonds is 3. The minimum atomic E-state index is 0.211. The van der Waals surface area contributed by atoms with Crippen molar-refractivity contribution in [2.75, 3.05) is 0 Å². The van der Waals surface area contributed by atoms with Gasteiger partial charge in [0, 0.05) is 0 Å². The van der Waals surface area contributed by atoms with E-state index in [-0.39, 0.29) is 5.41 Å². The standard InChI is InChI=1S/C27H34/c1-27(2,3)24-15-13-22(14-16-24)25-12-8-11-23-18-21(19-26(23)25)17-20-9-6-4-5-7-10-20/h8,11-16,19-20H,4-7,9-10,17-18H2,1-3H3. The third kappa shape index (κ3) is 4.21. The predicted molar refractivity (Wildman–Crippen MR) is 118 cm³/mol. The van der Waals surface area contributed by atoms with Crippen LogP contribution in [-0.4, -0.2) is 0 Å². The molecule has 142 valence electrons. The molecule has 27 heavy (non-hydrogen) atoms. The maximum Gasteiger partial charge on any atom is -0.00575 e. The summed E-state index contributed by atoms with van der Waals surface area (Å²) in [4.78, 5) is 0. The lowest BCUT2D eigenvalue weighted by atomic mass is 9.86. The van der Waals surface area contributed by atoms with Gasteiger partial charge in [-0.25, -0.2) is 0 Å². The van der Waals surface area contributed by atoms with Crippen molar-refractivity contribution in [1.82, 2.24) is 0 Å². The van der Waals surface area contributed by atoms with Gasteiger partial charge in [0.25, 0.3) is 0 Å². The molecule has 1 fully saturated rings. The number of benzene rings is 2. The third-order valence-electron chi connectivity index (χ3n) is 6.55. The highest BCUT2D eigenvalue weighted by molar-refractivity contribution is 5.80. The zero-order chi connectivity index (χ0) is 18.9. The van der Waals surface area contributed by atoms with Crippen LogP contribution in [0.25, 0.3) is 17.2 Å². The second-order valence-electron chi connectivity index (χ2n) is 9.75. The number of fused-ring (bicyclic) bond motifs is 1. The molecular weight excluding hydrogens is 324 g/mol. The molecule has 0 atom stereocenters. The first-order valence-electron chi connectivity index (χ1n) is 10.9. The van der Waals surface area contributed by atoms with E-state index in [9.17, 15) is 0 Å². The molecule has 0 N–H and O–H groups in total. The van der Waals surface area contributed by atoms with Gasteiger partial charge in [-0.15, -0.1) is 0 Å². The van der Waals surface area contributed by atoms with Gasteiger partial charge in [0.1, 0.15) is 0 Å². The van der Waals surface area contributed by atoms with E-state index in [0.29, 0.717) is 0 Å². The largest absolute Gasteiger partial charge is 0.0649 e. The van der Waals surface area contributed by atoms with Gasteiger partial charge in [-0.2, -0.15) is 0 Å². The molecule has 0 aromatic heterocycles. The molecule has 0 bridgehead atoms. The van der Waals surface area contributed by atoms with Crippen LogP contribution in [-0.2, 0) is 11.8 Å². The summed E-state index contributed by atoms with van der Waals surface area (Å²) in [6.07, 6.45) is 13.7. The predicted octanol–water partition coefficient (Wildman–Crippen LogP) is 7.95. The van der Waals surface area contributed by atoms with Gasteiger partial charge in [0.05, 0.1) is 0 Å². The Morgan fingerprint density at radius 2 is 1.56 bits per heavy atom. The molecule has 2 aliphatic carbocycles. The molecule has 0 nitrogen and oxygen atoms in total. The monoisotopic (exact) mass is 358 g/mol. The van der Waals surface area contributed by atoms with Gasteiger partial charge in [0.15, 0.2) is 0 Å². The van der Waals surface area contributed by atoms with Crippen molar-refractivity contribution in [1.29, 1.82) is 0 Å². The van der Waals surface area contributed by atoms with Gasteiger partial charge in [-0.1, -0.05) is 113 Å². The van der Waals surface area contributed by atoms with Crippen LogP contribution >= 0.6 is 0 Å². The molecule has 0 heterocycles. The highest BCUT2D eigenvalue weighted by Gasteiger charge is 2.21. The lowest BCUT2D eigenvalue weighted by Gasteiger charge is -2.19. The molecule has 4 rings (SSSR count). The normalized spacial score (nSPS) is 18.1. The van der Waals surface area contributed by atoms with Crippen molar-refractivity contribution in [2.45, 2.75) is 77.6 Å². The molecule has 2 aromatic rings. The molecule has 2 aromatic carbocycles. The molecule has 0 aliphatic heterocycles. The first-order valence-corrected chi connectivity index (χ1v) is 10.9. The zero-order valence-electron chi connectivity index (χ0n) is 17.4. The zero-order valence-corrected chi connectivity index (χ0v) is 17.4. The van der Waals surface area contributed by atoms with E-state index in [4.69, 9.17) is 0 Å². The Hall–Kier alpha value is -1.82. The van der Waals surface area contributed by atoms with Gasteiger partial charge >= 0.3 is 0 Å². The van der Waals surface area contributed by atoms with Crippen LogP contribution < -0.4 is 0 Å². The summed E-state index contributed by atoms with van der Waals surface area (Å²) in [6.45, 7) is 6.85. The average Bonchev–Trinajstić information content (AvgIpc) is 2.88. The molecule has 0 heteroatoms. The van der Waals surface area contributed by atoms with Crippen molar-refractivity contribution in [3.05, 3.63) is 64.7 Å². The molecule has 0 amide bonds. The van der Waals surface area contributed by atoms with Crippen LogP contribution in [0.2, 0.25) is 0 Å². The van der Waals surface area contributed by atoms with E-state index in [1.54, 1.807) is 5.57 Å².